The quantitative estimate of drug-likeness (QED) is 0.444. The molecule has 1 rings (SSSR count). The minimum absolute atomic E-state index is 0.306. The lowest BCUT2D eigenvalue weighted by Gasteiger charge is -2.03. The van der Waals surface area contributed by atoms with Crippen molar-refractivity contribution in [2.24, 2.45) is 0 Å². The Kier molecular flexibility index (Phi) is 4.27. The molecule has 0 spiro atoms. The second-order valence-electron chi connectivity index (χ2n) is 2.92. The monoisotopic (exact) mass is 220 g/mol. The summed E-state index contributed by atoms with van der Waals surface area (Å²) in [6.07, 6.45) is 1.37. The van der Waals surface area contributed by atoms with Crippen LogP contribution in [0.1, 0.15) is 23.7 Å². The van der Waals surface area contributed by atoms with Gasteiger partial charge in [0.25, 0.3) is 0 Å². The molecule has 4 heteroatoms. The molecule has 0 fully saturated rings. The van der Waals surface area contributed by atoms with E-state index in [1.54, 1.807) is 6.92 Å². The van der Waals surface area contributed by atoms with Gasteiger partial charge in [0.1, 0.15) is 5.75 Å². The van der Waals surface area contributed by atoms with Crippen LogP contribution < -0.4 is 4.74 Å². The van der Waals surface area contributed by atoms with Gasteiger partial charge in [0, 0.05) is 6.42 Å². The summed E-state index contributed by atoms with van der Waals surface area (Å²) >= 11 is 0. The van der Waals surface area contributed by atoms with Crippen molar-refractivity contribution >= 4 is 11.9 Å². The van der Waals surface area contributed by atoms with Gasteiger partial charge in [-0.2, -0.15) is 0 Å². The molecular weight excluding hydrogens is 208 g/mol. The minimum atomic E-state index is -0.497. The maximum atomic E-state index is 11.2. The largest absolute Gasteiger partial charge is 0.432 e. The molecule has 0 atom stereocenters. The molecule has 0 unspecified atom stereocenters. The molecule has 0 amide bonds. The highest BCUT2D eigenvalue weighted by molar-refractivity contribution is 5.90. The van der Waals surface area contributed by atoms with Crippen molar-refractivity contribution in [2.75, 3.05) is 0 Å². The maximum Gasteiger partial charge on any atom is 0.342 e. The second kappa shape index (κ2) is 5.70. The first-order valence-electron chi connectivity index (χ1n) is 4.80. The number of hydrogen-bond acceptors (Lipinski definition) is 4. The van der Waals surface area contributed by atoms with E-state index in [9.17, 15) is 9.59 Å². The predicted molar refractivity (Wildman–Crippen MR) is 58.0 cm³/mol. The van der Waals surface area contributed by atoms with Gasteiger partial charge in [-0.05, 0) is 24.3 Å². The van der Waals surface area contributed by atoms with Crippen molar-refractivity contribution in [3.63, 3.8) is 0 Å². The van der Waals surface area contributed by atoms with Gasteiger partial charge in [-0.3, -0.25) is 4.79 Å². The molecule has 16 heavy (non-hydrogen) atoms. The molecule has 0 N–H and O–H groups in total. The Hall–Kier alpha value is -2.10. The van der Waals surface area contributed by atoms with Gasteiger partial charge >= 0.3 is 11.9 Å². The minimum Gasteiger partial charge on any atom is -0.432 e. The Morgan fingerprint density at radius 1 is 1.31 bits per heavy atom. The fraction of sp³-hybridized carbons (Fsp3) is 0.167. The molecule has 4 nitrogen and oxygen atoms in total. The van der Waals surface area contributed by atoms with Gasteiger partial charge in [-0.15, -0.1) is 0 Å². The summed E-state index contributed by atoms with van der Waals surface area (Å²) in [5, 5.41) is 0. The maximum absolute atomic E-state index is 11.2. The van der Waals surface area contributed by atoms with Crippen LogP contribution in [-0.4, -0.2) is 11.9 Å². The van der Waals surface area contributed by atoms with Gasteiger partial charge in [0.05, 0.1) is 11.8 Å². The van der Waals surface area contributed by atoms with Gasteiger partial charge in [0.2, 0.25) is 0 Å². The normalized spacial score (nSPS) is 9.31. The van der Waals surface area contributed by atoms with E-state index >= 15 is 0 Å². The van der Waals surface area contributed by atoms with E-state index in [0.717, 1.165) is 6.26 Å². The molecule has 0 saturated carbocycles. The van der Waals surface area contributed by atoms with Crippen LogP contribution in [0.5, 0.6) is 5.75 Å². The summed E-state index contributed by atoms with van der Waals surface area (Å²) < 4.78 is 9.53. The van der Waals surface area contributed by atoms with Crippen molar-refractivity contribution in [1.29, 1.82) is 0 Å². The van der Waals surface area contributed by atoms with Gasteiger partial charge in [-0.25, -0.2) is 4.79 Å². The predicted octanol–water partition coefficient (Wildman–Crippen LogP) is 2.30. The molecule has 0 radical (unpaired) electrons. The molecule has 0 saturated heterocycles. The first kappa shape index (κ1) is 12.0. The van der Waals surface area contributed by atoms with Crippen LogP contribution in [0.15, 0.2) is 37.1 Å². The van der Waals surface area contributed by atoms with Gasteiger partial charge in [0.15, 0.2) is 0 Å². The van der Waals surface area contributed by atoms with Crippen LogP contribution in [0.25, 0.3) is 0 Å². The molecule has 0 aliphatic heterocycles. The first-order chi connectivity index (χ1) is 7.67. The topological polar surface area (TPSA) is 52.6 Å². The Bertz CT molecular complexity index is 392. The zero-order chi connectivity index (χ0) is 12.0. The Morgan fingerprint density at radius 2 is 1.94 bits per heavy atom. The second-order valence-corrected chi connectivity index (χ2v) is 2.92. The molecule has 0 aliphatic carbocycles. The Morgan fingerprint density at radius 3 is 2.44 bits per heavy atom. The highest BCUT2D eigenvalue weighted by Gasteiger charge is 2.06. The summed E-state index contributed by atoms with van der Waals surface area (Å²) in [5.74, 6) is -0.410. The third-order valence-electron chi connectivity index (χ3n) is 1.80. The highest BCUT2D eigenvalue weighted by atomic mass is 16.5. The molecule has 0 bridgehead atoms. The van der Waals surface area contributed by atoms with E-state index in [1.807, 2.05) is 0 Å². The number of carbonyl (C=O) groups excluding carboxylic acids is 2. The van der Waals surface area contributed by atoms with Crippen LogP contribution in [-0.2, 0) is 9.53 Å². The van der Waals surface area contributed by atoms with Crippen molar-refractivity contribution in [3.8, 4) is 5.75 Å². The van der Waals surface area contributed by atoms with Crippen LogP contribution >= 0.6 is 0 Å². The van der Waals surface area contributed by atoms with Crippen molar-refractivity contribution in [3.05, 3.63) is 42.7 Å². The molecule has 84 valence electrons. The summed E-state index contributed by atoms with van der Waals surface area (Å²) in [6, 6.07) is 6.11. The molecular formula is C12H12O4. The standard InChI is InChI=1S/C12H12O4/c1-3-11(13)16-10-7-5-9(6-8-10)12(14)15-4-2/h4-8H,2-3H2,1H3. The lowest BCUT2D eigenvalue weighted by Crippen LogP contribution is -2.06. The first-order valence-corrected chi connectivity index (χ1v) is 4.80. The van der Waals surface area contributed by atoms with Crippen molar-refractivity contribution < 1.29 is 19.1 Å². The Balaban J connectivity index is 2.71. The average Bonchev–Trinajstić information content (AvgIpc) is 2.30. The summed E-state index contributed by atoms with van der Waals surface area (Å²) in [7, 11) is 0. The SMILES string of the molecule is C=COC(=O)c1ccc(OC(=O)CC)cc1. The third-order valence-corrected chi connectivity index (χ3v) is 1.80. The third kappa shape index (κ3) is 3.24. The number of hydrogen-bond donors (Lipinski definition) is 0. The lowest BCUT2D eigenvalue weighted by molar-refractivity contribution is -0.134. The number of carbonyl (C=O) groups is 2. The zero-order valence-corrected chi connectivity index (χ0v) is 8.93. The van der Waals surface area contributed by atoms with Crippen molar-refractivity contribution in [2.45, 2.75) is 13.3 Å². The van der Waals surface area contributed by atoms with Crippen LogP contribution in [0.3, 0.4) is 0 Å². The fourth-order valence-corrected chi connectivity index (χ4v) is 1.01. The Labute approximate surface area is 93.5 Å². The lowest BCUT2D eigenvalue weighted by atomic mass is 10.2. The number of ether oxygens (including phenoxy) is 2. The molecule has 1 aromatic rings. The van der Waals surface area contributed by atoms with E-state index in [0.29, 0.717) is 17.7 Å². The summed E-state index contributed by atoms with van der Waals surface area (Å²) in [5.41, 5.74) is 0.371. The summed E-state index contributed by atoms with van der Waals surface area (Å²) in [6.45, 7) is 4.99. The molecule has 1 aromatic carbocycles. The smallest absolute Gasteiger partial charge is 0.342 e. The van der Waals surface area contributed by atoms with Crippen LogP contribution in [0.4, 0.5) is 0 Å². The molecule has 0 aromatic heterocycles. The summed E-state index contributed by atoms with van der Waals surface area (Å²) in [4.78, 5) is 22.2. The zero-order valence-electron chi connectivity index (χ0n) is 8.93. The molecule has 0 aliphatic rings. The highest BCUT2D eigenvalue weighted by Crippen LogP contribution is 2.13. The van der Waals surface area contributed by atoms with Crippen LogP contribution in [0.2, 0.25) is 0 Å². The van der Waals surface area contributed by atoms with Gasteiger partial charge in [-0.1, -0.05) is 13.5 Å². The van der Waals surface area contributed by atoms with E-state index < -0.39 is 5.97 Å². The van der Waals surface area contributed by atoms with E-state index in [2.05, 4.69) is 11.3 Å². The average molecular weight is 220 g/mol. The number of benzene rings is 1. The van der Waals surface area contributed by atoms with E-state index in [1.165, 1.54) is 24.3 Å². The van der Waals surface area contributed by atoms with E-state index in [-0.39, 0.29) is 5.97 Å². The number of esters is 2. The van der Waals surface area contributed by atoms with Crippen molar-refractivity contribution in [1.82, 2.24) is 0 Å². The number of rotatable bonds is 4. The van der Waals surface area contributed by atoms with E-state index in [4.69, 9.17) is 4.74 Å². The van der Waals surface area contributed by atoms with Crippen LogP contribution in [0, 0.1) is 0 Å². The molecule has 0 heterocycles. The fourth-order valence-electron chi connectivity index (χ4n) is 1.01. The van der Waals surface area contributed by atoms with Gasteiger partial charge < -0.3 is 9.47 Å².